The Hall–Kier alpha value is -1.48. The van der Waals surface area contributed by atoms with Crippen LogP contribution in [0.4, 0.5) is 0 Å². The van der Waals surface area contributed by atoms with Gasteiger partial charge in [-0.3, -0.25) is 0 Å². The van der Waals surface area contributed by atoms with Crippen molar-refractivity contribution in [3.05, 3.63) is 12.2 Å². The zero-order chi connectivity index (χ0) is 14.2. The van der Waals surface area contributed by atoms with Crippen LogP contribution in [0.25, 0.3) is 0 Å². The average Bonchev–Trinajstić information content (AvgIpc) is 2.23. The molecule has 0 fully saturated rings. The topological polar surface area (TPSA) is 134 Å². The van der Waals surface area contributed by atoms with Gasteiger partial charge in [-0.1, -0.05) is 0 Å². The Labute approximate surface area is 103 Å². The summed E-state index contributed by atoms with van der Waals surface area (Å²) in [5.74, 6) is -4.50. The molecule has 0 aliphatic rings. The Morgan fingerprint density at radius 3 is 2.28 bits per heavy atom. The Bertz CT molecular complexity index is 303. The molecular weight excluding hydrogens is 248 g/mol. The highest BCUT2D eigenvalue weighted by Crippen LogP contribution is 2.09. The van der Waals surface area contributed by atoms with Crippen molar-refractivity contribution in [2.45, 2.75) is 31.5 Å². The first-order valence-electron chi connectivity index (χ1n) is 5.06. The van der Waals surface area contributed by atoms with Crippen molar-refractivity contribution in [1.82, 2.24) is 0 Å². The lowest BCUT2D eigenvalue weighted by Gasteiger charge is -2.15. The highest BCUT2D eigenvalue weighted by molar-refractivity contribution is 5.91. The van der Waals surface area contributed by atoms with Gasteiger partial charge in [0.2, 0.25) is 6.29 Å². The van der Waals surface area contributed by atoms with E-state index >= 15 is 0 Å². The van der Waals surface area contributed by atoms with E-state index in [0.29, 0.717) is 0 Å². The zero-order valence-electron chi connectivity index (χ0n) is 9.78. The zero-order valence-corrected chi connectivity index (χ0v) is 9.78. The van der Waals surface area contributed by atoms with Crippen LogP contribution in [0, 0.1) is 0 Å². The summed E-state index contributed by atoms with van der Waals surface area (Å²) in [7, 11) is 1.14. The molecule has 8 heteroatoms. The third kappa shape index (κ3) is 9.73. The SMILES string of the molecule is COC(=O)/C=C\C(=O)OC(O)CCCC(O)(O)O. The van der Waals surface area contributed by atoms with Crippen LogP contribution in [0.15, 0.2) is 12.2 Å². The van der Waals surface area contributed by atoms with E-state index in [1.54, 1.807) is 0 Å². The fourth-order valence-electron chi connectivity index (χ4n) is 0.950. The van der Waals surface area contributed by atoms with Gasteiger partial charge < -0.3 is 29.9 Å². The van der Waals surface area contributed by atoms with Crippen molar-refractivity contribution in [1.29, 1.82) is 0 Å². The molecule has 0 heterocycles. The average molecular weight is 264 g/mol. The van der Waals surface area contributed by atoms with Crippen LogP contribution in [0.2, 0.25) is 0 Å². The predicted molar refractivity (Wildman–Crippen MR) is 56.5 cm³/mol. The first kappa shape index (κ1) is 16.5. The minimum atomic E-state index is -2.81. The number of carbonyl (C=O) groups is 2. The molecule has 18 heavy (non-hydrogen) atoms. The Kier molecular flexibility index (Phi) is 7.13. The van der Waals surface area contributed by atoms with E-state index in [0.717, 1.165) is 19.3 Å². The minimum Gasteiger partial charge on any atom is -0.466 e. The fraction of sp³-hybridized carbons (Fsp3) is 0.600. The van der Waals surface area contributed by atoms with E-state index in [1.807, 2.05) is 0 Å². The molecule has 0 spiro atoms. The van der Waals surface area contributed by atoms with Crippen LogP contribution in [0.5, 0.6) is 0 Å². The molecule has 0 aliphatic heterocycles. The molecule has 0 aromatic heterocycles. The normalized spacial score (nSPS) is 13.4. The maximum Gasteiger partial charge on any atom is 0.333 e. The predicted octanol–water partition coefficient (Wildman–Crippen LogP) is -1.62. The van der Waals surface area contributed by atoms with Crippen molar-refractivity contribution < 1.29 is 39.5 Å². The fourth-order valence-corrected chi connectivity index (χ4v) is 0.950. The molecule has 0 aromatic rings. The van der Waals surface area contributed by atoms with E-state index in [4.69, 9.17) is 15.3 Å². The summed E-state index contributed by atoms with van der Waals surface area (Å²) >= 11 is 0. The maximum atomic E-state index is 11.0. The van der Waals surface area contributed by atoms with E-state index in [9.17, 15) is 14.7 Å². The Morgan fingerprint density at radius 2 is 1.78 bits per heavy atom. The van der Waals surface area contributed by atoms with Gasteiger partial charge in [0.25, 0.3) is 5.97 Å². The molecule has 4 N–H and O–H groups in total. The van der Waals surface area contributed by atoms with E-state index in [1.165, 1.54) is 0 Å². The van der Waals surface area contributed by atoms with Gasteiger partial charge in [0.05, 0.1) is 7.11 Å². The molecule has 0 aromatic carbocycles. The third-order valence-corrected chi connectivity index (χ3v) is 1.77. The maximum absolute atomic E-state index is 11.0. The van der Waals surface area contributed by atoms with Crippen LogP contribution in [0.3, 0.4) is 0 Å². The number of aliphatic hydroxyl groups excluding tert-OH is 1. The van der Waals surface area contributed by atoms with Gasteiger partial charge in [-0.25, -0.2) is 9.59 Å². The van der Waals surface area contributed by atoms with Crippen molar-refractivity contribution in [2.75, 3.05) is 7.11 Å². The summed E-state index contributed by atoms with van der Waals surface area (Å²) < 4.78 is 8.67. The number of ether oxygens (including phenoxy) is 2. The smallest absolute Gasteiger partial charge is 0.333 e. The monoisotopic (exact) mass is 264 g/mol. The molecule has 0 radical (unpaired) electrons. The van der Waals surface area contributed by atoms with Crippen molar-refractivity contribution in [3.63, 3.8) is 0 Å². The van der Waals surface area contributed by atoms with E-state index in [2.05, 4.69) is 9.47 Å². The summed E-state index contributed by atoms with van der Waals surface area (Å²) in [5, 5.41) is 34.8. The second kappa shape index (κ2) is 7.77. The Morgan fingerprint density at radius 1 is 1.22 bits per heavy atom. The second-order valence-electron chi connectivity index (χ2n) is 3.41. The minimum absolute atomic E-state index is 0.0126. The molecule has 104 valence electrons. The summed E-state index contributed by atoms with van der Waals surface area (Å²) in [6, 6.07) is 0. The molecule has 0 rings (SSSR count). The number of methoxy groups -OCH3 is 1. The number of rotatable bonds is 7. The van der Waals surface area contributed by atoms with Gasteiger partial charge in [-0.15, -0.1) is 0 Å². The van der Waals surface area contributed by atoms with Gasteiger partial charge in [-0.2, -0.15) is 0 Å². The lowest BCUT2D eigenvalue weighted by atomic mass is 10.2. The summed E-state index contributed by atoms with van der Waals surface area (Å²) in [4.78, 5) is 21.6. The summed E-state index contributed by atoms with van der Waals surface area (Å²) in [6.07, 6.45) is -0.347. The van der Waals surface area contributed by atoms with Crippen molar-refractivity contribution >= 4 is 11.9 Å². The Balaban J connectivity index is 3.87. The highest BCUT2D eigenvalue weighted by Gasteiger charge is 2.18. The van der Waals surface area contributed by atoms with Crippen LogP contribution in [0.1, 0.15) is 19.3 Å². The summed E-state index contributed by atoms with van der Waals surface area (Å²) in [6.45, 7) is 0. The van der Waals surface area contributed by atoms with E-state index < -0.39 is 30.6 Å². The van der Waals surface area contributed by atoms with Crippen molar-refractivity contribution in [3.8, 4) is 0 Å². The lowest BCUT2D eigenvalue weighted by molar-refractivity contribution is -0.315. The van der Waals surface area contributed by atoms with Crippen molar-refractivity contribution in [2.24, 2.45) is 0 Å². The number of esters is 2. The van der Waals surface area contributed by atoms with Gasteiger partial charge >= 0.3 is 11.9 Å². The van der Waals surface area contributed by atoms with Gasteiger partial charge in [0, 0.05) is 25.0 Å². The second-order valence-corrected chi connectivity index (χ2v) is 3.41. The van der Waals surface area contributed by atoms with E-state index in [-0.39, 0.29) is 12.8 Å². The molecule has 0 amide bonds. The number of hydrogen-bond donors (Lipinski definition) is 4. The molecule has 0 aliphatic carbocycles. The number of carbonyl (C=O) groups excluding carboxylic acids is 2. The molecule has 8 nitrogen and oxygen atoms in total. The largest absolute Gasteiger partial charge is 0.466 e. The van der Waals surface area contributed by atoms with Crippen LogP contribution in [-0.4, -0.2) is 51.7 Å². The molecule has 1 atom stereocenters. The number of aliphatic hydroxyl groups is 4. The molecule has 0 saturated carbocycles. The van der Waals surface area contributed by atoms with Gasteiger partial charge in [0.1, 0.15) is 0 Å². The molecular formula is C10H16O8. The highest BCUT2D eigenvalue weighted by atomic mass is 16.7. The van der Waals surface area contributed by atoms with Gasteiger partial charge in [0.15, 0.2) is 0 Å². The van der Waals surface area contributed by atoms with Crippen LogP contribution in [-0.2, 0) is 19.1 Å². The standard InChI is InChI=1S/C10H16O8/c1-17-7(11)4-5-9(13)18-8(12)3-2-6-10(14,15)16/h4-5,8,12,14-16H,2-3,6H2,1H3/b5-4-. The lowest BCUT2D eigenvalue weighted by Crippen LogP contribution is -2.27. The van der Waals surface area contributed by atoms with Crippen LogP contribution >= 0.6 is 0 Å². The third-order valence-electron chi connectivity index (χ3n) is 1.77. The van der Waals surface area contributed by atoms with Crippen LogP contribution < -0.4 is 0 Å². The molecule has 1 unspecified atom stereocenters. The first-order valence-corrected chi connectivity index (χ1v) is 5.06. The number of hydrogen-bond acceptors (Lipinski definition) is 8. The first-order chi connectivity index (χ1) is 8.24. The molecule has 0 saturated heterocycles. The quantitative estimate of drug-likeness (QED) is 0.245. The van der Waals surface area contributed by atoms with Gasteiger partial charge in [-0.05, 0) is 6.42 Å². The molecule has 0 bridgehead atoms. The summed E-state index contributed by atoms with van der Waals surface area (Å²) in [5.41, 5.74) is 0.